The lowest BCUT2D eigenvalue weighted by molar-refractivity contribution is -0.147. The van der Waals surface area contributed by atoms with Crippen LogP contribution < -0.4 is 4.90 Å². The van der Waals surface area contributed by atoms with Crippen LogP contribution in [0.3, 0.4) is 0 Å². The van der Waals surface area contributed by atoms with Crippen molar-refractivity contribution in [3.8, 4) is 0 Å². The van der Waals surface area contributed by atoms with Crippen molar-refractivity contribution in [3.63, 3.8) is 0 Å². The Hall–Kier alpha value is -1.99. The standard InChI is InChI=1S/C21H28N4O2S/c1-15-12-25(13-16(2)27-15)20(26)18-9-6-10-24(14-18)21-22-19(23-28-21)11-17-7-4-3-5-8-17/h3-5,7-8,15-16,18H,6,9-14H2,1-2H3. The van der Waals surface area contributed by atoms with E-state index in [4.69, 9.17) is 9.72 Å². The van der Waals surface area contributed by atoms with Gasteiger partial charge in [0.15, 0.2) is 0 Å². The zero-order chi connectivity index (χ0) is 19.5. The van der Waals surface area contributed by atoms with Gasteiger partial charge in [-0.1, -0.05) is 30.3 Å². The van der Waals surface area contributed by atoms with E-state index >= 15 is 0 Å². The van der Waals surface area contributed by atoms with E-state index in [1.807, 2.05) is 36.9 Å². The molecule has 1 aromatic carbocycles. The fourth-order valence-electron chi connectivity index (χ4n) is 4.19. The van der Waals surface area contributed by atoms with Crippen molar-refractivity contribution in [2.45, 2.75) is 45.3 Å². The summed E-state index contributed by atoms with van der Waals surface area (Å²) in [5.41, 5.74) is 1.22. The third kappa shape index (κ3) is 4.52. The van der Waals surface area contributed by atoms with Crippen molar-refractivity contribution >= 4 is 22.6 Å². The smallest absolute Gasteiger partial charge is 0.227 e. The summed E-state index contributed by atoms with van der Waals surface area (Å²) < 4.78 is 10.3. The first kappa shape index (κ1) is 19.3. The van der Waals surface area contributed by atoms with Gasteiger partial charge in [0.05, 0.1) is 18.1 Å². The van der Waals surface area contributed by atoms with Crippen LogP contribution in [0.5, 0.6) is 0 Å². The van der Waals surface area contributed by atoms with Crippen LogP contribution in [0.1, 0.15) is 38.1 Å². The molecule has 0 bridgehead atoms. The number of carbonyl (C=O) groups is 1. The molecule has 0 radical (unpaired) electrons. The molecule has 0 spiro atoms. The SMILES string of the molecule is CC1CN(C(=O)C2CCCN(c3nc(Cc4ccccc4)ns3)C2)CC(C)O1. The van der Waals surface area contributed by atoms with Crippen LogP contribution >= 0.6 is 11.5 Å². The molecule has 1 amide bonds. The van der Waals surface area contributed by atoms with E-state index in [0.29, 0.717) is 13.1 Å². The minimum atomic E-state index is 0.0349. The van der Waals surface area contributed by atoms with Crippen molar-refractivity contribution in [2.75, 3.05) is 31.1 Å². The molecular weight excluding hydrogens is 372 g/mol. The van der Waals surface area contributed by atoms with Crippen LogP contribution in [0.4, 0.5) is 5.13 Å². The molecule has 4 rings (SSSR count). The van der Waals surface area contributed by atoms with E-state index in [2.05, 4.69) is 21.4 Å². The summed E-state index contributed by atoms with van der Waals surface area (Å²) in [6.45, 7) is 7.15. The fourth-order valence-corrected chi connectivity index (χ4v) is 4.91. The Morgan fingerprint density at radius 1 is 1.18 bits per heavy atom. The maximum atomic E-state index is 13.1. The maximum Gasteiger partial charge on any atom is 0.227 e. The normalized spacial score (nSPS) is 25.7. The summed E-state index contributed by atoms with van der Waals surface area (Å²) in [6.07, 6.45) is 2.92. The van der Waals surface area contributed by atoms with Crippen LogP contribution in [-0.4, -0.2) is 58.6 Å². The number of aromatic nitrogens is 2. The number of piperidine rings is 1. The number of rotatable bonds is 4. The van der Waals surface area contributed by atoms with E-state index in [-0.39, 0.29) is 24.0 Å². The predicted molar refractivity (Wildman–Crippen MR) is 111 cm³/mol. The number of anilines is 1. The highest BCUT2D eigenvalue weighted by atomic mass is 32.1. The van der Waals surface area contributed by atoms with E-state index in [0.717, 1.165) is 43.3 Å². The van der Waals surface area contributed by atoms with Crippen molar-refractivity contribution in [1.29, 1.82) is 0 Å². The number of ether oxygens (including phenoxy) is 1. The van der Waals surface area contributed by atoms with Gasteiger partial charge in [0.25, 0.3) is 0 Å². The second kappa shape index (κ2) is 8.57. The topological polar surface area (TPSA) is 58.6 Å². The van der Waals surface area contributed by atoms with Gasteiger partial charge in [0, 0.05) is 44.1 Å². The number of amides is 1. The lowest BCUT2D eigenvalue weighted by Gasteiger charge is -2.39. The number of hydrogen-bond donors (Lipinski definition) is 0. The molecule has 0 saturated carbocycles. The molecule has 0 N–H and O–H groups in total. The first-order valence-electron chi connectivity index (χ1n) is 10.1. The zero-order valence-corrected chi connectivity index (χ0v) is 17.4. The molecule has 1 aromatic heterocycles. The molecule has 2 saturated heterocycles. The van der Waals surface area contributed by atoms with Gasteiger partial charge in [-0.25, -0.2) is 4.98 Å². The lowest BCUT2D eigenvalue weighted by Crippen LogP contribution is -2.52. The van der Waals surface area contributed by atoms with Gasteiger partial charge in [-0.2, -0.15) is 4.37 Å². The molecule has 2 aliphatic rings. The lowest BCUT2D eigenvalue weighted by atomic mass is 9.96. The summed E-state index contributed by atoms with van der Waals surface area (Å²) in [5, 5.41) is 0.937. The first-order chi connectivity index (χ1) is 13.6. The average molecular weight is 401 g/mol. The summed E-state index contributed by atoms with van der Waals surface area (Å²) >= 11 is 1.45. The van der Waals surface area contributed by atoms with Crippen LogP contribution in [-0.2, 0) is 16.0 Å². The van der Waals surface area contributed by atoms with Crippen molar-refractivity contribution in [3.05, 3.63) is 41.7 Å². The summed E-state index contributed by atoms with van der Waals surface area (Å²) in [7, 11) is 0. The van der Waals surface area contributed by atoms with Crippen molar-refractivity contribution < 1.29 is 9.53 Å². The molecule has 2 aromatic rings. The minimum absolute atomic E-state index is 0.0349. The Morgan fingerprint density at radius 2 is 1.93 bits per heavy atom. The summed E-state index contributed by atoms with van der Waals surface area (Å²) in [4.78, 5) is 22.1. The van der Waals surface area contributed by atoms with E-state index in [9.17, 15) is 4.79 Å². The Morgan fingerprint density at radius 3 is 2.68 bits per heavy atom. The van der Waals surface area contributed by atoms with E-state index in [1.165, 1.54) is 17.1 Å². The Bertz CT molecular complexity index is 787. The highest BCUT2D eigenvalue weighted by Gasteiger charge is 2.33. The van der Waals surface area contributed by atoms with Gasteiger partial charge in [-0.05, 0) is 32.3 Å². The summed E-state index contributed by atoms with van der Waals surface area (Å²) in [6, 6.07) is 10.3. The van der Waals surface area contributed by atoms with Gasteiger partial charge in [-0.15, -0.1) is 0 Å². The number of nitrogens with zero attached hydrogens (tertiary/aromatic N) is 4. The Labute approximate surface area is 170 Å². The third-order valence-electron chi connectivity index (χ3n) is 5.43. The van der Waals surface area contributed by atoms with Crippen LogP contribution in [0.2, 0.25) is 0 Å². The maximum absolute atomic E-state index is 13.1. The van der Waals surface area contributed by atoms with Gasteiger partial charge in [-0.3, -0.25) is 4.79 Å². The average Bonchev–Trinajstić information content (AvgIpc) is 3.16. The monoisotopic (exact) mass is 400 g/mol. The summed E-state index contributed by atoms with van der Waals surface area (Å²) in [5.74, 6) is 1.16. The molecule has 2 fully saturated rings. The van der Waals surface area contributed by atoms with Crippen LogP contribution in [0.15, 0.2) is 30.3 Å². The zero-order valence-electron chi connectivity index (χ0n) is 16.6. The number of morpholine rings is 1. The highest BCUT2D eigenvalue weighted by Crippen LogP contribution is 2.27. The van der Waals surface area contributed by atoms with Gasteiger partial charge >= 0.3 is 0 Å². The van der Waals surface area contributed by atoms with Crippen LogP contribution in [0, 0.1) is 5.92 Å². The molecular formula is C21H28N4O2S. The molecule has 3 unspecified atom stereocenters. The molecule has 7 heteroatoms. The van der Waals surface area contributed by atoms with Gasteiger partial charge in [0.1, 0.15) is 5.82 Å². The molecule has 3 heterocycles. The second-order valence-corrected chi connectivity index (χ2v) is 8.67. The minimum Gasteiger partial charge on any atom is -0.372 e. The van der Waals surface area contributed by atoms with Gasteiger partial charge in [0.2, 0.25) is 11.0 Å². The Balaban J connectivity index is 1.39. The number of hydrogen-bond acceptors (Lipinski definition) is 6. The number of benzene rings is 1. The molecule has 0 aliphatic carbocycles. The second-order valence-electron chi connectivity index (χ2n) is 7.94. The van der Waals surface area contributed by atoms with Gasteiger partial charge < -0.3 is 14.5 Å². The number of carbonyl (C=O) groups excluding carboxylic acids is 1. The van der Waals surface area contributed by atoms with Crippen molar-refractivity contribution in [1.82, 2.24) is 14.3 Å². The molecule has 2 aliphatic heterocycles. The first-order valence-corrected chi connectivity index (χ1v) is 10.9. The van der Waals surface area contributed by atoms with Crippen LogP contribution in [0.25, 0.3) is 0 Å². The predicted octanol–water partition coefficient (Wildman–Crippen LogP) is 2.98. The van der Waals surface area contributed by atoms with Crippen molar-refractivity contribution in [2.24, 2.45) is 5.92 Å². The fraction of sp³-hybridized carbons (Fsp3) is 0.571. The largest absolute Gasteiger partial charge is 0.372 e. The quantitative estimate of drug-likeness (QED) is 0.790. The van der Waals surface area contributed by atoms with E-state index in [1.54, 1.807) is 0 Å². The molecule has 150 valence electrons. The molecule has 6 nitrogen and oxygen atoms in total. The highest BCUT2D eigenvalue weighted by molar-refractivity contribution is 7.09. The molecule has 3 atom stereocenters. The Kier molecular flexibility index (Phi) is 5.92. The molecule has 28 heavy (non-hydrogen) atoms. The third-order valence-corrected chi connectivity index (χ3v) is 6.25. The van der Waals surface area contributed by atoms with E-state index < -0.39 is 0 Å².